The van der Waals surface area contributed by atoms with Crippen LogP contribution in [0.15, 0.2) is 24.7 Å². The van der Waals surface area contributed by atoms with Crippen molar-refractivity contribution in [1.82, 2.24) is 20.1 Å². The molecule has 0 radical (unpaired) electrons. The van der Waals surface area contributed by atoms with E-state index in [4.69, 9.17) is 9.47 Å². The lowest BCUT2D eigenvalue weighted by Crippen LogP contribution is -2.51. The van der Waals surface area contributed by atoms with Crippen molar-refractivity contribution in [2.45, 2.75) is 71.1 Å². The average molecular weight is 488 g/mol. The van der Waals surface area contributed by atoms with Crippen LogP contribution in [-0.2, 0) is 9.53 Å². The number of amides is 2. The van der Waals surface area contributed by atoms with Crippen LogP contribution in [0.3, 0.4) is 0 Å². The number of rotatable bonds is 9. The number of aromatic nitrogens is 3. The van der Waals surface area contributed by atoms with E-state index in [1.807, 2.05) is 6.92 Å². The summed E-state index contributed by atoms with van der Waals surface area (Å²) in [7, 11) is 1.47. The molecule has 2 aromatic heterocycles. The van der Waals surface area contributed by atoms with E-state index in [1.165, 1.54) is 19.4 Å². The second kappa shape index (κ2) is 9.83. The van der Waals surface area contributed by atoms with E-state index < -0.39 is 23.6 Å². The summed E-state index contributed by atoms with van der Waals surface area (Å²) in [5.74, 6) is 0.484. The third-order valence-electron chi connectivity index (χ3n) is 6.43. The predicted octanol–water partition coefficient (Wildman–Crippen LogP) is 4.30. The molecule has 2 aromatic rings. The first-order valence-electron chi connectivity index (χ1n) is 12.1. The Morgan fingerprint density at radius 2 is 1.83 bits per heavy atom. The van der Waals surface area contributed by atoms with Gasteiger partial charge in [0.1, 0.15) is 17.5 Å². The second-order valence-electron chi connectivity index (χ2n) is 10.5. The van der Waals surface area contributed by atoms with Crippen LogP contribution < -0.4 is 15.4 Å². The minimum atomic E-state index is -0.696. The molecule has 35 heavy (non-hydrogen) atoms. The fraction of sp³-hybridized carbons (Fsp3) is 0.600. The van der Waals surface area contributed by atoms with E-state index in [2.05, 4.69) is 20.7 Å². The molecule has 2 atom stereocenters. The zero-order valence-corrected chi connectivity index (χ0v) is 20.9. The molecule has 2 amide bonds. The van der Waals surface area contributed by atoms with Gasteiger partial charge in [-0.05, 0) is 77.2 Å². The third-order valence-corrected chi connectivity index (χ3v) is 6.43. The van der Waals surface area contributed by atoms with Crippen molar-refractivity contribution in [2.24, 2.45) is 17.8 Å². The van der Waals surface area contributed by atoms with Crippen LogP contribution in [0, 0.1) is 23.6 Å². The molecule has 0 spiro atoms. The van der Waals surface area contributed by atoms with Crippen LogP contribution in [0.5, 0.6) is 5.88 Å². The van der Waals surface area contributed by atoms with Crippen LogP contribution in [0.1, 0.15) is 65.0 Å². The quantitative estimate of drug-likeness (QED) is 0.546. The molecule has 2 aliphatic rings. The number of alkyl carbamates (subject to hydrolysis) is 1. The Kier molecular flexibility index (Phi) is 7.00. The van der Waals surface area contributed by atoms with E-state index in [9.17, 15) is 14.0 Å². The summed E-state index contributed by atoms with van der Waals surface area (Å²) in [5.41, 5.74) is 0.344. The first-order valence-corrected chi connectivity index (χ1v) is 12.1. The maximum absolute atomic E-state index is 13.8. The number of carbonyl (C=O) groups excluding carboxylic acids is 2. The van der Waals surface area contributed by atoms with E-state index in [0.29, 0.717) is 29.0 Å². The monoisotopic (exact) mass is 487 g/mol. The summed E-state index contributed by atoms with van der Waals surface area (Å²) in [6, 6.07) is 0.269. The number of ether oxygens (including phenoxy) is 2. The fourth-order valence-corrected chi connectivity index (χ4v) is 4.55. The molecule has 0 bridgehead atoms. The van der Waals surface area contributed by atoms with Gasteiger partial charge in [-0.2, -0.15) is 5.10 Å². The molecule has 0 saturated heterocycles. The molecule has 2 saturated carbocycles. The highest BCUT2D eigenvalue weighted by molar-refractivity contribution is 5.96. The van der Waals surface area contributed by atoms with Crippen LogP contribution in [0.2, 0.25) is 0 Å². The number of halogens is 1. The molecular weight excluding hydrogens is 453 g/mol. The highest BCUT2D eigenvalue weighted by Crippen LogP contribution is 2.51. The number of hydrogen-bond acceptors (Lipinski definition) is 6. The van der Waals surface area contributed by atoms with Gasteiger partial charge in [0.15, 0.2) is 0 Å². The van der Waals surface area contributed by atoms with Crippen molar-refractivity contribution >= 4 is 17.7 Å². The molecule has 0 aliphatic heterocycles. The third kappa shape index (κ3) is 6.29. The molecule has 2 heterocycles. The SMILES string of the molecule is COc1ncc(F)cc1C(C)n1cc(NC(=O)C(NC(=O)OC(C)(C)C)C(C2CC2)C2CC2)cn1. The Labute approximate surface area is 204 Å². The molecule has 190 valence electrons. The molecular formula is C25H34FN5O4. The topological polar surface area (TPSA) is 107 Å². The first kappa shape index (κ1) is 24.9. The number of anilines is 1. The predicted molar refractivity (Wildman–Crippen MR) is 128 cm³/mol. The zero-order valence-electron chi connectivity index (χ0n) is 20.9. The smallest absolute Gasteiger partial charge is 0.408 e. The molecule has 2 unspecified atom stereocenters. The first-order chi connectivity index (χ1) is 16.6. The highest BCUT2D eigenvalue weighted by Gasteiger charge is 2.48. The van der Waals surface area contributed by atoms with Gasteiger partial charge in [0.25, 0.3) is 0 Å². The van der Waals surface area contributed by atoms with Gasteiger partial charge in [0, 0.05) is 11.8 Å². The van der Waals surface area contributed by atoms with Crippen molar-refractivity contribution < 1.29 is 23.5 Å². The van der Waals surface area contributed by atoms with Gasteiger partial charge < -0.3 is 20.1 Å². The number of nitrogens with one attached hydrogen (secondary N) is 2. The normalized spacial score (nSPS) is 17.6. The number of nitrogens with zero attached hydrogens (tertiary/aromatic N) is 3. The number of pyridine rings is 1. The van der Waals surface area contributed by atoms with Crippen molar-refractivity contribution in [2.75, 3.05) is 12.4 Å². The largest absolute Gasteiger partial charge is 0.481 e. The van der Waals surface area contributed by atoms with Gasteiger partial charge in [-0.1, -0.05) is 0 Å². The minimum Gasteiger partial charge on any atom is -0.481 e. The molecule has 4 rings (SSSR count). The molecule has 10 heteroatoms. The Hall–Kier alpha value is -3.17. The number of hydrogen-bond donors (Lipinski definition) is 2. The lowest BCUT2D eigenvalue weighted by molar-refractivity contribution is -0.120. The Bertz CT molecular complexity index is 1060. The van der Waals surface area contributed by atoms with Gasteiger partial charge in [0.2, 0.25) is 11.8 Å². The summed E-state index contributed by atoms with van der Waals surface area (Å²) in [5, 5.41) is 10.1. The van der Waals surface area contributed by atoms with E-state index in [1.54, 1.807) is 31.6 Å². The highest BCUT2D eigenvalue weighted by atomic mass is 19.1. The summed E-state index contributed by atoms with van der Waals surface area (Å²) < 4.78 is 26.1. The van der Waals surface area contributed by atoms with Gasteiger partial charge in [-0.15, -0.1) is 0 Å². The lowest BCUT2D eigenvalue weighted by atomic mass is 9.89. The lowest BCUT2D eigenvalue weighted by Gasteiger charge is -2.28. The van der Waals surface area contributed by atoms with E-state index in [0.717, 1.165) is 31.9 Å². The van der Waals surface area contributed by atoms with Crippen LogP contribution in [-0.4, -0.2) is 45.5 Å². The van der Waals surface area contributed by atoms with Crippen LogP contribution in [0.4, 0.5) is 14.9 Å². The molecule has 2 fully saturated rings. The average Bonchev–Trinajstić information content (AvgIpc) is 3.72. The Morgan fingerprint density at radius 3 is 2.40 bits per heavy atom. The van der Waals surface area contributed by atoms with Crippen LogP contribution >= 0.6 is 0 Å². The van der Waals surface area contributed by atoms with E-state index in [-0.39, 0.29) is 17.9 Å². The number of carbonyl (C=O) groups is 2. The molecule has 9 nitrogen and oxygen atoms in total. The molecule has 2 N–H and O–H groups in total. The second-order valence-corrected chi connectivity index (χ2v) is 10.5. The van der Waals surface area contributed by atoms with Crippen molar-refractivity contribution in [1.29, 1.82) is 0 Å². The summed E-state index contributed by atoms with van der Waals surface area (Å²) >= 11 is 0. The maximum atomic E-state index is 13.8. The standard InChI is InChI=1S/C25H34FN5O4/c1-14(19-10-17(26)11-27-23(19)34-5)31-13-18(12-28-31)29-22(32)21(30-24(33)35-25(2,3)4)20(15-6-7-15)16-8-9-16/h10-16,20-21H,6-9H2,1-5H3,(H,29,32)(H,30,33). The summed E-state index contributed by atoms with van der Waals surface area (Å²) in [4.78, 5) is 30.0. The van der Waals surface area contributed by atoms with Gasteiger partial charge >= 0.3 is 6.09 Å². The zero-order chi connectivity index (χ0) is 25.3. The van der Waals surface area contributed by atoms with Gasteiger partial charge in [0.05, 0.1) is 31.2 Å². The Morgan fingerprint density at radius 1 is 1.17 bits per heavy atom. The minimum absolute atomic E-state index is 0.0825. The van der Waals surface area contributed by atoms with Gasteiger partial charge in [-0.3, -0.25) is 9.48 Å². The molecule has 2 aliphatic carbocycles. The van der Waals surface area contributed by atoms with Crippen LogP contribution in [0.25, 0.3) is 0 Å². The summed E-state index contributed by atoms with van der Waals surface area (Å²) in [6.45, 7) is 7.21. The summed E-state index contributed by atoms with van der Waals surface area (Å²) in [6.07, 6.45) is 7.97. The Balaban J connectivity index is 1.50. The fourth-order valence-electron chi connectivity index (χ4n) is 4.55. The van der Waals surface area contributed by atoms with Crippen molar-refractivity contribution in [3.63, 3.8) is 0 Å². The molecule has 0 aromatic carbocycles. The van der Waals surface area contributed by atoms with E-state index >= 15 is 0 Å². The van der Waals surface area contributed by atoms with Crippen molar-refractivity contribution in [3.05, 3.63) is 36.0 Å². The van der Waals surface area contributed by atoms with Crippen molar-refractivity contribution in [3.8, 4) is 5.88 Å². The van der Waals surface area contributed by atoms with Gasteiger partial charge in [-0.25, -0.2) is 14.2 Å². The maximum Gasteiger partial charge on any atom is 0.408 e. The number of methoxy groups -OCH3 is 1.